The summed E-state index contributed by atoms with van der Waals surface area (Å²) >= 11 is 0. The molecular formula is C21H24O7. The molecule has 2 aromatic rings. The van der Waals surface area contributed by atoms with Gasteiger partial charge in [-0.1, -0.05) is 6.07 Å². The number of aliphatic hydroxyl groups excluding tert-OH is 2. The number of rotatable bonds is 5. The molecule has 7 heteroatoms. The van der Waals surface area contributed by atoms with Crippen LogP contribution in [0.5, 0.6) is 23.0 Å². The predicted molar refractivity (Wildman–Crippen MR) is 100 cm³/mol. The second-order valence-corrected chi connectivity index (χ2v) is 7.22. The Kier molecular flexibility index (Phi) is 4.82. The van der Waals surface area contributed by atoms with E-state index < -0.39 is 18.1 Å². The summed E-state index contributed by atoms with van der Waals surface area (Å²) < 4.78 is 21.8. The smallest absolute Gasteiger partial charge is 0.231 e. The van der Waals surface area contributed by atoms with Gasteiger partial charge in [-0.2, -0.15) is 0 Å². The van der Waals surface area contributed by atoms with Crippen molar-refractivity contribution in [2.75, 3.05) is 34.2 Å². The second kappa shape index (κ2) is 7.16. The predicted octanol–water partition coefficient (Wildman–Crippen LogP) is 1.45. The van der Waals surface area contributed by atoms with E-state index in [2.05, 4.69) is 0 Å². The van der Waals surface area contributed by atoms with Crippen molar-refractivity contribution in [1.82, 2.24) is 0 Å². The summed E-state index contributed by atoms with van der Waals surface area (Å²) in [6.07, 6.45) is 0.213. The van der Waals surface area contributed by atoms with Gasteiger partial charge in [0.15, 0.2) is 23.0 Å². The first kappa shape index (κ1) is 18.9. The van der Waals surface area contributed by atoms with Crippen LogP contribution >= 0.6 is 0 Å². The highest BCUT2D eigenvalue weighted by Gasteiger charge is 2.47. The van der Waals surface area contributed by atoms with Gasteiger partial charge in [0.2, 0.25) is 6.79 Å². The van der Waals surface area contributed by atoms with Gasteiger partial charge < -0.3 is 34.3 Å². The maximum Gasteiger partial charge on any atom is 0.231 e. The minimum atomic E-state index is -1.47. The zero-order valence-electron chi connectivity index (χ0n) is 15.8. The Morgan fingerprint density at radius 2 is 1.75 bits per heavy atom. The molecule has 2 aromatic carbocycles. The molecule has 1 aliphatic heterocycles. The fraction of sp³-hybridized carbons (Fsp3) is 0.429. The van der Waals surface area contributed by atoms with Crippen molar-refractivity contribution in [2.45, 2.75) is 17.9 Å². The quantitative estimate of drug-likeness (QED) is 0.713. The monoisotopic (exact) mass is 388 g/mol. The molecule has 1 heterocycles. The van der Waals surface area contributed by atoms with E-state index in [1.54, 1.807) is 20.3 Å². The first-order valence-corrected chi connectivity index (χ1v) is 9.13. The average Bonchev–Trinajstić information content (AvgIpc) is 3.18. The summed E-state index contributed by atoms with van der Waals surface area (Å²) in [5.74, 6) is 1.41. The Morgan fingerprint density at radius 3 is 2.39 bits per heavy atom. The summed E-state index contributed by atoms with van der Waals surface area (Å²) in [5, 5.41) is 31.3. The van der Waals surface area contributed by atoms with Crippen LogP contribution in [-0.4, -0.2) is 55.1 Å². The number of hydrogen-bond donors (Lipinski definition) is 3. The van der Waals surface area contributed by atoms with Crippen LogP contribution in [0, 0.1) is 5.92 Å². The van der Waals surface area contributed by atoms with Crippen LogP contribution in [-0.2, 0) is 6.42 Å². The van der Waals surface area contributed by atoms with E-state index >= 15 is 0 Å². The minimum Gasteiger partial charge on any atom is -0.493 e. The van der Waals surface area contributed by atoms with E-state index in [0.717, 1.165) is 16.7 Å². The van der Waals surface area contributed by atoms with Gasteiger partial charge in [0.1, 0.15) is 0 Å². The molecule has 0 bridgehead atoms. The lowest BCUT2D eigenvalue weighted by molar-refractivity contribution is -0.0874. The molecule has 1 aliphatic carbocycles. The highest BCUT2D eigenvalue weighted by atomic mass is 16.7. The van der Waals surface area contributed by atoms with E-state index in [-0.39, 0.29) is 25.7 Å². The zero-order valence-corrected chi connectivity index (χ0v) is 15.8. The molecule has 0 unspecified atom stereocenters. The molecule has 0 aromatic heterocycles. The molecule has 28 heavy (non-hydrogen) atoms. The maximum absolute atomic E-state index is 11.2. The summed E-state index contributed by atoms with van der Waals surface area (Å²) in [6.45, 7) is -0.604. The summed E-state index contributed by atoms with van der Waals surface area (Å²) in [7, 11) is 3.12. The molecule has 0 amide bonds. The third-order valence-corrected chi connectivity index (χ3v) is 5.80. The van der Waals surface area contributed by atoms with Gasteiger partial charge in [-0.25, -0.2) is 0 Å². The van der Waals surface area contributed by atoms with E-state index in [1.807, 2.05) is 24.3 Å². The number of ether oxygens (including phenoxy) is 4. The van der Waals surface area contributed by atoms with Gasteiger partial charge in [0, 0.05) is 24.9 Å². The molecule has 0 saturated heterocycles. The molecule has 0 saturated carbocycles. The summed E-state index contributed by atoms with van der Waals surface area (Å²) in [4.78, 5) is 0. The van der Waals surface area contributed by atoms with Crippen LogP contribution in [0.3, 0.4) is 0 Å². The molecule has 4 rings (SSSR count). The third kappa shape index (κ3) is 2.87. The Hall–Kier alpha value is -2.48. The van der Waals surface area contributed by atoms with Crippen molar-refractivity contribution in [2.24, 2.45) is 5.92 Å². The van der Waals surface area contributed by atoms with Crippen molar-refractivity contribution in [3.8, 4) is 23.0 Å². The van der Waals surface area contributed by atoms with Gasteiger partial charge in [-0.3, -0.25) is 0 Å². The Bertz CT molecular complexity index is 881. The standard InChI is InChI=1S/C21H24O7/c1-25-16-4-3-12(5-17(16)26-2)20-14-7-19-18(27-11-28-19)6-13(14)8-21(24,10-23)15(20)9-22/h3-7,15,20,22-24H,8-11H2,1-2H3/t15-,20+,21-/m0/s1. The number of fused-ring (bicyclic) bond motifs is 2. The number of aliphatic hydroxyl groups is 3. The Labute approximate surface area is 163 Å². The molecule has 2 aliphatic rings. The molecule has 7 nitrogen and oxygen atoms in total. The third-order valence-electron chi connectivity index (χ3n) is 5.80. The summed E-state index contributed by atoms with van der Waals surface area (Å²) in [6, 6.07) is 9.26. The van der Waals surface area contributed by atoms with Gasteiger partial charge in [-0.05, 0) is 41.0 Å². The van der Waals surface area contributed by atoms with Crippen molar-refractivity contribution in [1.29, 1.82) is 0 Å². The molecule has 0 radical (unpaired) electrons. The van der Waals surface area contributed by atoms with Gasteiger partial charge in [-0.15, -0.1) is 0 Å². The first-order chi connectivity index (χ1) is 13.5. The number of methoxy groups -OCH3 is 2. The SMILES string of the molecule is COc1ccc([C@@H]2c3cc4c(cc3C[C@](O)(CO)[C@H]2CO)OCO4)cc1OC. The molecule has 0 fully saturated rings. The molecular weight excluding hydrogens is 364 g/mol. The number of benzene rings is 2. The van der Waals surface area contributed by atoms with E-state index in [4.69, 9.17) is 18.9 Å². The van der Waals surface area contributed by atoms with Crippen LogP contribution in [0.25, 0.3) is 0 Å². The number of hydrogen-bond acceptors (Lipinski definition) is 7. The largest absolute Gasteiger partial charge is 0.493 e. The first-order valence-electron chi connectivity index (χ1n) is 9.13. The normalized spacial score (nSPS) is 25.3. The average molecular weight is 388 g/mol. The lowest BCUT2D eigenvalue weighted by Crippen LogP contribution is -2.51. The summed E-state index contributed by atoms with van der Waals surface area (Å²) in [5.41, 5.74) is 1.15. The van der Waals surface area contributed by atoms with E-state index in [0.29, 0.717) is 23.0 Å². The van der Waals surface area contributed by atoms with Crippen molar-refractivity contribution >= 4 is 0 Å². The molecule has 3 N–H and O–H groups in total. The fourth-order valence-electron chi connectivity index (χ4n) is 4.34. The van der Waals surface area contributed by atoms with Crippen LogP contribution in [0.1, 0.15) is 22.6 Å². The van der Waals surface area contributed by atoms with Gasteiger partial charge in [0.25, 0.3) is 0 Å². The van der Waals surface area contributed by atoms with Crippen molar-refractivity contribution in [3.63, 3.8) is 0 Å². The van der Waals surface area contributed by atoms with Crippen LogP contribution in [0.2, 0.25) is 0 Å². The molecule has 150 valence electrons. The van der Waals surface area contributed by atoms with Gasteiger partial charge in [0.05, 0.1) is 26.4 Å². The van der Waals surface area contributed by atoms with Crippen LogP contribution < -0.4 is 18.9 Å². The Morgan fingerprint density at radius 1 is 1.04 bits per heavy atom. The lowest BCUT2D eigenvalue weighted by atomic mass is 9.64. The van der Waals surface area contributed by atoms with Crippen molar-refractivity contribution in [3.05, 3.63) is 47.0 Å². The Balaban J connectivity index is 1.91. The molecule has 0 spiro atoms. The van der Waals surface area contributed by atoms with Gasteiger partial charge >= 0.3 is 0 Å². The van der Waals surface area contributed by atoms with E-state index in [1.165, 1.54) is 0 Å². The molecule has 3 atom stereocenters. The minimum absolute atomic E-state index is 0.146. The maximum atomic E-state index is 11.2. The fourth-order valence-corrected chi connectivity index (χ4v) is 4.34. The second-order valence-electron chi connectivity index (χ2n) is 7.22. The zero-order chi connectivity index (χ0) is 19.9. The van der Waals surface area contributed by atoms with Crippen LogP contribution in [0.15, 0.2) is 30.3 Å². The van der Waals surface area contributed by atoms with E-state index in [9.17, 15) is 15.3 Å². The lowest BCUT2D eigenvalue weighted by Gasteiger charge is -2.44. The highest BCUT2D eigenvalue weighted by molar-refractivity contribution is 5.55. The highest BCUT2D eigenvalue weighted by Crippen LogP contribution is 2.50. The van der Waals surface area contributed by atoms with Crippen LogP contribution in [0.4, 0.5) is 0 Å². The topological polar surface area (TPSA) is 97.6 Å². The van der Waals surface area contributed by atoms with Crippen molar-refractivity contribution < 1.29 is 34.3 Å².